The van der Waals surface area contributed by atoms with Crippen LogP contribution in [0.4, 0.5) is 5.69 Å². The standard InChI is InChI=1S/C20H19N3O3S/c1-13-7-3-5-9-16(13)20-22-14(2)18(27-20)12-21-19(24)11-15-8-4-6-10-17(15)23(25)26/h3-10H,11-12H2,1-2H3,(H,21,24). The zero-order chi connectivity index (χ0) is 19.4. The van der Waals surface area contributed by atoms with Gasteiger partial charge in [-0.15, -0.1) is 11.3 Å². The van der Waals surface area contributed by atoms with E-state index in [4.69, 9.17) is 0 Å². The topological polar surface area (TPSA) is 85.1 Å². The van der Waals surface area contributed by atoms with Crippen LogP contribution < -0.4 is 5.32 Å². The normalized spacial score (nSPS) is 10.6. The summed E-state index contributed by atoms with van der Waals surface area (Å²) in [5, 5.41) is 14.8. The van der Waals surface area contributed by atoms with E-state index in [1.165, 1.54) is 6.07 Å². The Kier molecular flexibility index (Phi) is 5.61. The average Bonchev–Trinajstić information content (AvgIpc) is 3.01. The maximum atomic E-state index is 12.3. The number of hydrogen-bond donors (Lipinski definition) is 1. The number of thiazole rings is 1. The summed E-state index contributed by atoms with van der Waals surface area (Å²) in [6, 6.07) is 14.3. The summed E-state index contributed by atoms with van der Waals surface area (Å²) < 4.78 is 0. The van der Waals surface area contributed by atoms with Crippen molar-refractivity contribution in [3.8, 4) is 10.6 Å². The molecule has 0 radical (unpaired) electrons. The molecule has 1 amide bonds. The molecule has 1 N–H and O–H groups in total. The number of benzene rings is 2. The van der Waals surface area contributed by atoms with Crippen LogP contribution in [0.5, 0.6) is 0 Å². The molecule has 0 atom stereocenters. The number of carbonyl (C=O) groups excluding carboxylic acids is 1. The lowest BCUT2D eigenvalue weighted by Gasteiger charge is -2.05. The quantitative estimate of drug-likeness (QED) is 0.512. The second-order valence-corrected chi connectivity index (χ2v) is 7.27. The summed E-state index contributed by atoms with van der Waals surface area (Å²) in [4.78, 5) is 28.4. The molecule has 0 aliphatic rings. The fourth-order valence-corrected chi connectivity index (χ4v) is 3.87. The molecule has 0 aliphatic heterocycles. The number of nitro groups is 1. The third-order valence-corrected chi connectivity index (χ3v) is 5.44. The van der Waals surface area contributed by atoms with E-state index in [1.54, 1.807) is 29.5 Å². The molecule has 0 saturated heterocycles. The molecule has 1 aromatic heterocycles. The number of aryl methyl sites for hydroxylation is 2. The first-order valence-corrected chi connectivity index (χ1v) is 9.28. The SMILES string of the molecule is Cc1ccccc1-c1nc(C)c(CNC(=O)Cc2ccccc2[N+](=O)[O-])s1. The molecule has 3 aromatic rings. The fourth-order valence-electron chi connectivity index (χ4n) is 2.77. The Bertz CT molecular complexity index is 998. The van der Waals surface area contributed by atoms with E-state index in [0.717, 1.165) is 26.7 Å². The highest BCUT2D eigenvalue weighted by molar-refractivity contribution is 7.15. The van der Waals surface area contributed by atoms with Crippen LogP contribution in [0.15, 0.2) is 48.5 Å². The molecule has 27 heavy (non-hydrogen) atoms. The molecule has 2 aromatic carbocycles. The van der Waals surface area contributed by atoms with Crippen molar-refractivity contribution in [1.82, 2.24) is 10.3 Å². The van der Waals surface area contributed by atoms with Gasteiger partial charge in [0.25, 0.3) is 5.69 Å². The predicted molar refractivity (Wildman–Crippen MR) is 106 cm³/mol. The lowest BCUT2D eigenvalue weighted by atomic mass is 10.1. The summed E-state index contributed by atoms with van der Waals surface area (Å²) in [7, 11) is 0. The average molecular weight is 381 g/mol. The first-order chi connectivity index (χ1) is 13.0. The maximum Gasteiger partial charge on any atom is 0.273 e. The van der Waals surface area contributed by atoms with E-state index < -0.39 is 4.92 Å². The van der Waals surface area contributed by atoms with Crippen molar-refractivity contribution in [1.29, 1.82) is 0 Å². The maximum absolute atomic E-state index is 12.3. The number of para-hydroxylation sites is 1. The summed E-state index contributed by atoms with van der Waals surface area (Å²) in [5.41, 5.74) is 3.48. The van der Waals surface area contributed by atoms with Crippen LogP contribution in [0.25, 0.3) is 10.6 Å². The van der Waals surface area contributed by atoms with E-state index in [9.17, 15) is 14.9 Å². The Labute approximate surface area is 161 Å². The van der Waals surface area contributed by atoms with Crippen LogP contribution in [-0.2, 0) is 17.8 Å². The van der Waals surface area contributed by atoms with Gasteiger partial charge in [0.15, 0.2) is 0 Å². The minimum atomic E-state index is -0.468. The molecule has 0 fully saturated rings. The van der Waals surface area contributed by atoms with Crippen LogP contribution in [0, 0.1) is 24.0 Å². The van der Waals surface area contributed by atoms with Crippen LogP contribution in [0.1, 0.15) is 21.7 Å². The van der Waals surface area contributed by atoms with Gasteiger partial charge in [0.1, 0.15) is 5.01 Å². The minimum absolute atomic E-state index is 0.0281. The van der Waals surface area contributed by atoms with Crippen molar-refractivity contribution in [3.63, 3.8) is 0 Å². The van der Waals surface area contributed by atoms with Crippen molar-refractivity contribution in [2.24, 2.45) is 0 Å². The minimum Gasteiger partial charge on any atom is -0.351 e. The second kappa shape index (κ2) is 8.09. The Morgan fingerprint density at radius 3 is 2.59 bits per heavy atom. The van der Waals surface area contributed by atoms with Crippen LogP contribution in [-0.4, -0.2) is 15.8 Å². The van der Waals surface area contributed by atoms with E-state index in [0.29, 0.717) is 12.1 Å². The highest BCUT2D eigenvalue weighted by Gasteiger charge is 2.16. The van der Waals surface area contributed by atoms with Gasteiger partial charge < -0.3 is 5.32 Å². The summed E-state index contributed by atoms with van der Waals surface area (Å²) >= 11 is 1.55. The smallest absolute Gasteiger partial charge is 0.273 e. The first-order valence-electron chi connectivity index (χ1n) is 8.47. The molecule has 1 heterocycles. The van der Waals surface area contributed by atoms with Crippen LogP contribution in [0.2, 0.25) is 0 Å². The van der Waals surface area contributed by atoms with E-state index in [-0.39, 0.29) is 18.0 Å². The molecule has 0 bridgehead atoms. The van der Waals surface area contributed by atoms with E-state index in [1.807, 2.05) is 38.1 Å². The Hall–Kier alpha value is -3.06. The highest BCUT2D eigenvalue weighted by atomic mass is 32.1. The van der Waals surface area contributed by atoms with Crippen LogP contribution in [0.3, 0.4) is 0 Å². The van der Waals surface area contributed by atoms with Crippen molar-refractivity contribution >= 4 is 22.9 Å². The monoisotopic (exact) mass is 381 g/mol. The largest absolute Gasteiger partial charge is 0.351 e. The van der Waals surface area contributed by atoms with Crippen molar-refractivity contribution in [3.05, 3.63) is 80.3 Å². The number of nitro benzene ring substituents is 1. The van der Waals surface area contributed by atoms with Gasteiger partial charge in [0.2, 0.25) is 5.91 Å². The molecular formula is C20H19N3O3S. The predicted octanol–water partition coefficient (Wildman–Crippen LogP) is 4.19. The Morgan fingerprint density at radius 2 is 1.85 bits per heavy atom. The number of amides is 1. The first kappa shape index (κ1) is 18.7. The number of nitrogens with one attached hydrogen (secondary N) is 1. The lowest BCUT2D eigenvalue weighted by molar-refractivity contribution is -0.385. The van der Waals surface area contributed by atoms with Gasteiger partial charge in [-0.05, 0) is 19.4 Å². The van der Waals surface area contributed by atoms with Gasteiger partial charge in [0, 0.05) is 22.1 Å². The zero-order valence-electron chi connectivity index (χ0n) is 15.1. The van der Waals surface area contributed by atoms with E-state index >= 15 is 0 Å². The fraction of sp³-hybridized carbons (Fsp3) is 0.200. The van der Waals surface area contributed by atoms with Gasteiger partial charge in [-0.25, -0.2) is 4.98 Å². The van der Waals surface area contributed by atoms with Crippen molar-refractivity contribution in [2.75, 3.05) is 0 Å². The van der Waals surface area contributed by atoms with E-state index in [2.05, 4.69) is 10.3 Å². The highest BCUT2D eigenvalue weighted by Crippen LogP contribution is 2.30. The molecule has 0 spiro atoms. The number of aromatic nitrogens is 1. The third kappa shape index (κ3) is 4.38. The molecule has 0 unspecified atom stereocenters. The number of rotatable bonds is 6. The summed E-state index contributed by atoms with van der Waals surface area (Å²) in [6.07, 6.45) is -0.0281. The second-order valence-electron chi connectivity index (χ2n) is 6.18. The molecule has 6 nitrogen and oxygen atoms in total. The summed E-state index contributed by atoms with van der Waals surface area (Å²) in [6.45, 7) is 4.32. The molecular weight excluding hydrogens is 362 g/mol. The lowest BCUT2D eigenvalue weighted by Crippen LogP contribution is -2.24. The summed E-state index contributed by atoms with van der Waals surface area (Å²) in [5.74, 6) is -0.255. The molecule has 3 rings (SSSR count). The number of carbonyl (C=O) groups is 1. The molecule has 0 saturated carbocycles. The van der Waals surface area contributed by atoms with Crippen molar-refractivity contribution < 1.29 is 9.72 Å². The zero-order valence-corrected chi connectivity index (χ0v) is 15.9. The van der Waals surface area contributed by atoms with Gasteiger partial charge in [-0.1, -0.05) is 42.5 Å². The number of hydrogen-bond acceptors (Lipinski definition) is 5. The third-order valence-electron chi connectivity index (χ3n) is 4.25. The van der Waals surface area contributed by atoms with Gasteiger partial charge >= 0.3 is 0 Å². The Morgan fingerprint density at radius 1 is 1.15 bits per heavy atom. The van der Waals surface area contributed by atoms with Crippen molar-refractivity contribution in [2.45, 2.75) is 26.8 Å². The van der Waals surface area contributed by atoms with Gasteiger partial charge in [0.05, 0.1) is 23.6 Å². The molecule has 0 aliphatic carbocycles. The van der Waals surface area contributed by atoms with Gasteiger partial charge in [-0.3, -0.25) is 14.9 Å². The van der Waals surface area contributed by atoms with Crippen LogP contribution >= 0.6 is 11.3 Å². The van der Waals surface area contributed by atoms with Gasteiger partial charge in [-0.2, -0.15) is 0 Å². The number of nitrogens with zero attached hydrogens (tertiary/aromatic N) is 2. The molecule has 7 heteroatoms. The molecule has 138 valence electrons. The Balaban J connectivity index is 1.68.